The number of rotatable bonds is 6. The molecular weight excluding hydrogens is 388 g/mol. The van der Waals surface area contributed by atoms with Gasteiger partial charge in [0.2, 0.25) is 5.91 Å². The van der Waals surface area contributed by atoms with Crippen LogP contribution in [0, 0.1) is 0 Å². The van der Waals surface area contributed by atoms with Gasteiger partial charge in [-0.15, -0.1) is 0 Å². The van der Waals surface area contributed by atoms with Crippen LogP contribution in [0.3, 0.4) is 0 Å². The third-order valence-electron chi connectivity index (χ3n) is 6.54. The first kappa shape index (κ1) is 21.5. The number of ether oxygens (including phenoxy) is 1. The number of anilines is 3. The predicted molar refractivity (Wildman–Crippen MR) is 127 cm³/mol. The number of piperazine rings is 1. The van der Waals surface area contributed by atoms with Crippen molar-refractivity contribution in [2.75, 3.05) is 61.5 Å². The first-order valence-corrected chi connectivity index (χ1v) is 11.4. The Morgan fingerprint density at radius 3 is 1.94 bits per heavy atom. The number of amides is 1. The summed E-state index contributed by atoms with van der Waals surface area (Å²) in [6, 6.07) is 16.3. The van der Waals surface area contributed by atoms with Crippen molar-refractivity contribution < 1.29 is 9.53 Å². The van der Waals surface area contributed by atoms with Gasteiger partial charge in [0.15, 0.2) is 0 Å². The second-order valence-corrected chi connectivity index (χ2v) is 8.48. The maximum atomic E-state index is 12.8. The molecule has 2 aromatic carbocycles. The molecule has 0 unspecified atom stereocenters. The van der Waals surface area contributed by atoms with Gasteiger partial charge in [-0.25, -0.2) is 0 Å². The van der Waals surface area contributed by atoms with Gasteiger partial charge in [-0.05, 0) is 74.7 Å². The molecule has 6 heteroatoms. The van der Waals surface area contributed by atoms with Crippen molar-refractivity contribution in [3.05, 3.63) is 48.5 Å². The number of nitrogens with zero attached hydrogens (tertiary/aromatic N) is 3. The van der Waals surface area contributed by atoms with E-state index in [9.17, 15) is 4.79 Å². The van der Waals surface area contributed by atoms with Crippen LogP contribution in [0.5, 0.6) is 5.75 Å². The molecule has 0 aliphatic carbocycles. The van der Waals surface area contributed by atoms with Crippen LogP contribution in [0.1, 0.15) is 26.2 Å². The Bertz CT molecular complexity index is 839. The highest BCUT2D eigenvalue weighted by Gasteiger charge is 2.26. The number of hydrogen-bond donors (Lipinski definition) is 1. The fraction of sp³-hybridized carbons (Fsp3) is 0.480. The van der Waals surface area contributed by atoms with E-state index in [0.717, 1.165) is 50.7 Å². The molecule has 2 fully saturated rings. The Morgan fingerprint density at radius 2 is 1.35 bits per heavy atom. The number of methoxy groups -OCH3 is 1. The molecule has 1 N–H and O–H groups in total. The first-order chi connectivity index (χ1) is 15.1. The summed E-state index contributed by atoms with van der Waals surface area (Å²) in [5.74, 6) is 0.931. The summed E-state index contributed by atoms with van der Waals surface area (Å²) in [6.45, 7) is 7.82. The highest BCUT2D eigenvalue weighted by atomic mass is 16.5. The van der Waals surface area contributed by atoms with Gasteiger partial charge in [0.25, 0.3) is 0 Å². The Morgan fingerprint density at radius 1 is 0.806 bits per heavy atom. The number of benzene rings is 2. The molecule has 166 valence electrons. The molecule has 0 radical (unpaired) electrons. The van der Waals surface area contributed by atoms with Gasteiger partial charge < -0.3 is 19.9 Å². The lowest BCUT2D eigenvalue weighted by Crippen LogP contribution is -2.52. The third kappa shape index (κ3) is 5.31. The lowest BCUT2D eigenvalue weighted by molar-refractivity contribution is -0.120. The number of piperidine rings is 1. The Balaban J connectivity index is 1.27. The van der Waals surface area contributed by atoms with Crippen LogP contribution >= 0.6 is 0 Å². The standard InChI is InChI=1S/C25H34N4O2/c1-20(27-16-18-29(19-17-27)23-10-12-24(31-2)13-11-23)25(30)26-21-6-8-22(9-7-21)28-14-4-3-5-15-28/h6-13,20H,3-5,14-19H2,1-2H3,(H,26,30)/t20-/m1/s1. The van der Waals surface area contributed by atoms with Crippen LogP contribution in [0.25, 0.3) is 0 Å². The maximum Gasteiger partial charge on any atom is 0.241 e. The summed E-state index contributed by atoms with van der Waals surface area (Å²) >= 11 is 0. The van der Waals surface area contributed by atoms with Gasteiger partial charge in [0, 0.05) is 56.3 Å². The quantitative estimate of drug-likeness (QED) is 0.767. The molecule has 0 saturated carbocycles. The second kappa shape index (κ2) is 10.1. The van der Waals surface area contributed by atoms with E-state index in [2.05, 4.69) is 44.3 Å². The van der Waals surface area contributed by atoms with Gasteiger partial charge >= 0.3 is 0 Å². The van der Waals surface area contributed by atoms with Crippen LogP contribution < -0.4 is 19.9 Å². The van der Waals surface area contributed by atoms with Crippen molar-refractivity contribution in [2.24, 2.45) is 0 Å². The highest BCUT2D eigenvalue weighted by molar-refractivity contribution is 5.94. The molecular formula is C25H34N4O2. The van der Waals surface area contributed by atoms with Crippen molar-refractivity contribution in [2.45, 2.75) is 32.2 Å². The topological polar surface area (TPSA) is 48.1 Å². The molecule has 2 aromatic rings. The van der Waals surface area contributed by atoms with Gasteiger partial charge in [-0.1, -0.05) is 0 Å². The molecule has 0 bridgehead atoms. The fourth-order valence-electron chi connectivity index (χ4n) is 4.48. The molecule has 1 atom stereocenters. The summed E-state index contributed by atoms with van der Waals surface area (Å²) in [7, 11) is 1.68. The molecule has 0 spiro atoms. The predicted octanol–water partition coefficient (Wildman–Crippen LogP) is 3.83. The minimum Gasteiger partial charge on any atom is -0.497 e. The maximum absolute atomic E-state index is 12.8. The van der Waals surface area contributed by atoms with Gasteiger partial charge in [0.05, 0.1) is 13.2 Å². The normalized spacial score (nSPS) is 18.5. The molecule has 2 saturated heterocycles. The van der Waals surface area contributed by atoms with Crippen LogP contribution in [0.4, 0.5) is 17.1 Å². The van der Waals surface area contributed by atoms with E-state index in [1.165, 1.54) is 30.6 Å². The fourth-order valence-corrected chi connectivity index (χ4v) is 4.48. The van der Waals surface area contributed by atoms with Crippen molar-refractivity contribution in [3.63, 3.8) is 0 Å². The van der Waals surface area contributed by atoms with Crippen LogP contribution in [0.2, 0.25) is 0 Å². The summed E-state index contributed by atoms with van der Waals surface area (Å²) < 4.78 is 5.24. The van der Waals surface area contributed by atoms with E-state index >= 15 is 0 Å². The van der Waals surface area contributed by atoms with E-state index < -0.39 is 0 Å². The molecule has 2 heterocycles. The van der Waals surface area contributed by atoms with E-state index in [-0.39, 0.29) is 11.9 Å². The lowest BCUT2D eigenvalue weighted by atomic mass is 10.1. The largest absolute Gasteiger partial charge is 0.497 e. The molecule has 2 aliphatic rings. The lowest BCUT2D eigenvalue weighted by Gasteiger charge is -2.38. The van der Waals surface area contributed by atoms with E-state index in [1.807, 2.05) is 31.2 Å². The van der Waals surface area contributed by atoms with Crippen LogP contribution in [0.15, 0.2) is 48.5 Å². The van der Waals surface area contributed by atoms with Crippen molar-refractivity contribution >= 4 is 23.0 Å². The van der Waals surface area contributed by atoms with Crippen molar-refractivity contribution in [3.8, 4) is 5.75 Å². The number of carbonyl (C=O) groups excluding carboxylic acids is 1. The smallest absolute Gasteiger partial charge is 0.241 e. The van der Waals surface area contributed by atoms with Crippen LogP contribution in [-0.4, -0.2) is 63.2 Å². The molecule has 1 amide bonds. The molecule has 4 rings (SSSR count). The zero-order valence-electron chi connectivity index (χ0n) is 18.7. The first-order valence-electron chi connectivity index (χ1n) is 11.4. The third-order valence-corrected chi connectivity index (χ3v) is 6.54. The van der Waals surface area contributed by atoms with Crippen molar-refractivity contribution in [1.29, 1.82) is 0 Å². The summed E-state index contributed by atoms with van der Waals surface area (Å²) in [6.07, 6.45) is 3.86. The Hall–Kier alpha value is -2.73. The second-order valence-electron chi connectivity index (χ2n) is 8.48. The van der Waals surface area contributed by atoms with Crippen LogP contribution in [-0.2, 0) is 4.79 Å². The van der Waals surface area contributed by atoms with Gasteiger partial charge in [-0.3, -0.25) is 9.69 Å². The van der Waals surface area contributed by atoms with E-state index in [1.54, 1.807) is 7.11 Å². The molecule has 2 aliphatic heterocycles. The molecule has 6 nitrogen and oxygen atoms in total. The van der Waals surface area contributed by atoms with Crippen molar-refractivity contribution in [1.82, 2.24) is 4.90 Å². The monoisotopic (exact) mass is 422 g/mol. The molecule has 31 heavy (non-hydrogen) atoms. The van der Waals surface area contributed by atoms with E-state index in [4.69, 9.17) is 4.74 Å². The number of nitrogens with one attached hydrogen (secondary N) is 1. The summed E-state index contributed by atoms with van der Waals surface area (Å²) in [5.41, 5.74) is 3.32. The number of carbonyl (C=O) groups is 1. The zero-order valence-corrected chi connectivity index (χ0v) is 18.7. The summed E-state index contributed by atoms with van der Waals surface area (Å²) in [5, 5.41) is 3.10. The average Bonchev–Trinajstić information content (AvgIpc) is 2.85. The SMILES string of the molecule is COc1ccc(N2CCN([C@H](C)C(=O)Nc3ccc(N4CCCCC4)cc3)CC2)cc1. The Kier molecular flexibility index (Phi) is 6.97. The minimum atomic E-state index is -0.153. The summed E-state index contributed by atoms with van der Waals surface area (Å²) in [4.78, 5) is 19.9. The van der Waals surface area contributed by atoms with Gasteiger partial charge in [0.1, 0.15) is 5.75 Å². The zero-order chi connectivity index (χ0) is 21.6. The van der Waals surface area contributed by atoms with E-state index in [0.29, 0.717) is 0 Å². The molecule has 0 aromatic heterocycles. The number of hydrogen-bond acceptors (Lipinski definition) is 5. The Labute approximate surface area is 185 Å². The minimum absolute atomic E-state index is 0.0589. The average molecular weight is 423 g/mol. The van der Waals surface area contributed by atoms with Gasteiger partial charge in [-0.2, -0.15) is 0 Å². The highest BCUT2D eigenvalue weighted by Crippen LogP contribution is 2.23.